The van der Waals surface area contributed by atoms with E-state index in [2.05, 4.69) is 55.5 Å². The number of nitrogens with zero attached hydrogens (tertiary/aromatic N) is 5. The first-order valence-corrected chi connectivity index (χ1v) is 8.21. The zero-order valence-electron chi connectivity index (χ0n) is 13.4. The fourth-order valence-electron chi connectivity index (χ4n) is 3.08. The summed E-state index contributed by atoms with van der Waals surface area (Å²) in [6, 6.07) is 12.9. The molecule has 24 heavy (non-hydrogen) atoms. The lowest BCUT2D eigenvalue weighted by Gasteiger charge is -2.17. The molecule has 0 saturated carbocycles. The van der Waals surface area contributed by atoms with Crippen LogP contribution in [0.1, 0.15) is 12.0 Å². The van der Waals surface area contributed by atoms with Crippen molar-refractivity contribution in [1.29, 1.82) is 0 Å². The van der Waals surface area contributed by atoms with Gasteiger partial charge in [-0.1, -0.05) is 30.3 Å². The largest absolute Gasteiger partial charge is 0.350 e. The van der Waals surface area contributed by atoms with Crippen molar-refractivity contribution in [2.75, 3.05) is 18.4 Å². The van der Waals surface area contributed by atoms with Crippen LogP contribution in [-0.4, -0.2) is 43.6 Å². The van der Waals surface area contributed by atoms with Crippen molar-refractivity contribution >= 4 is 5.95 Å². The molecule has 0 radical (unpaired) electrons. The number of rotatable bonds is 5. The molecule has 3 aromatic rings. The van der Waals surface area contributed by atoms with E-state index >= 15 is 0 Å². The van der Waals surface area contributed by atoms with Gasteiger partial charge in [-0.2, -0.15) is 4.98 Å². The first kappa shape index (κ1) is 14.8. The highest BCUT2D eigenvalue weighted by atomic mass is 15.2. The molecule has 6 heteroatoms. The summed E-state index contributed by atoms with van der Waals surface area (Å²) in [4.78, 5) is 15.4. The van der Waals surface area contributed by atoms with Crippen molar-refractivity contribution in [2.24, 2.45) is 0 Å². The molecule has 6 nitrogen and oxygen atoms in total. The van der Waals surface area contributed by atoms with E-state index in [-0.39, 0.29) is 0 Å². The SMILES string of the molecule is c1ccc(CN2CCC(Nc3nccc(-n4ccnc4)n3)C2)cc1. The molecule has 1 aliphatic heterocycles. The van der Waals surface area contributed by atoms with Gasteiger partial charge >= 0.3 is 0 Å². The number of hydrogen-bond acceptors (Lipinski definition) is 5. The molecule has 1 fully saturated rings. The summed E-state index contributed by atoms with van der Waals surface area (Å²) in [5.74, 6) is 1.50. The Morgan fingerprint density at radius 1 is 1.12 bits per heavy atom. The summed E-state index contributed by atoms with van der Waals surface area (Å²) < 4.78 is 1.88. The van der Waals surface area contributed by atoms with Crippen LogP contribution in [0.15, 0.2) is 61.3 Å². The van der Waals surface area contributed by atoms with Crippen LogP contribution in [0.25, 0.3) is 5.82 Å². The van der Waals surface area contributed by atoms with Gasteiger partial charge in [0.1, 0.15) is 12.1 Å². The molecule has 0 aliphatic carbocycles. The summed E-state index contributed by atoms with van der Waals surface area (Å²) in [5.41, 5.74) is 1.36. The van der Waals surface area contributed by atoms with Crippen LogP contribution in [0.2, 0.25) is 0 Å². The lowest BCUT2D eigenvalue weighted by molar-refractivity contribution is 0.328. The Kier molecular flexibility index (Phi) is 4.20. The predicted molar refractivity (Wildman–Crippen MR) is 92.9 cm³/mol. The number of imidazole rings is 1. The van der Waals surface area contributed by atoms with Crippen LogP contribution in [0, 0.1) is 0 Å². The number of aromatic nitrogens is 4. The molecule has 1 aromatic carbocycles. The van der Waals surface area contributed by atoms with Gasteiger partial charge in [-0.05, 0) is 18.1 Å². The van der Waals surface area contributed by atoms with E-state index < -0.39 is 0 Å². The maximum Gasteiger partial charge on any atom is 0.224 e. The van der Waals surface area contributed by atoms with Crippen molar-refractivity contribution in [3.63, 3.8) is 0 Å². The van der Waals surface area contributed by atoms with Crippen LogP contribution in [0.5, 0.6) is 0 Å². The van der Waals surface area contributed by atoms with Gasteiger partial charge in [0.15, 0.2) is 0 Å². The Hall–Kier alpha value is -2.73. The van der Waals surface area contributed by atoms with Crippen molar-refractivity contribution in [3.8, 4) is 5.82 Å². The van der Waals surface area contributed by atoms with Gasteiger partial charge in [0, 0.05) is 44.3 Å². The topological polar surface area (TPSA) is 58.9 Å². The molecule has 2 aromatic heterocycles. The number of hydrogen-bond donors (Lipinski definition) is 1. The monoisotopic (exact) mass is 320 g/mol. The average Bonchev–Trinajstić information content (AvgIpc) is 3.28. The summed E-state index contributed by atoms with van der Waals surface area (Å²) in [5, 5.41) is 3.46. The number of likely N-dealkylation sites (tertiary alicyclic amines) is 1. The molecule has 1 N–H and O–H groups in total. The molecule has 0 spiro atoms. The van der Waals surface area contributed by atoms with Crippen molar-refractivity contribution in [3.05, 3.63) is 66.9 Å². The third kappa shape index (κ3) is 3.44. The minimum Gasteiger partial charge on any atom is -0.350 e. The van der Waals surface area contributed by atoms with E-state index in [9.17, 15) is 0 Å². The number of anilines is 1. The van der Waals surface area contributed by atoms with Crippen molar-refractivity contribution in [2.45, 2.75) is 19.0 Å². The van der Waals surface area contributed by atoms with Gasteiger partial charge in [0.2, 0.25) is 5.95 Å². The van der Waals surface area contributed by atoms with E-state index in [0.29, 0.717) is 12.0 Å². The standard InChI is InChI=1S/C18H20N6/c1-2-4-15(5-3-1)12-23-10-7-16(13-23)21-18-20-8-6-17(22-18)24-11-9-19-14-24/h1-6,8-9,11,14,16H,7,10,12-13H2,(H,20,21,22). The summed E-state index contributed by atoms with van der Waals surface area (Å²) in [6.45, 7) is 3.09. The fraction of sp³-hybridized carbons (Fsp3) is 0.278. The molecule has 0 amide bonds. The lowest BCUT2D eigenvalue weighted by atomic mass is 10.2. The molecular formula is C18H20N6. The van der Waals surface area contributed by atoms with E-state index in [4.69, 9.17) is 0 Å². The number of nitrogens with one attached hydrogen (secondary N) is 1. The third-order valence-electron chi connectivity index (χ3n) is 4.26. The Labute approximate surface area is 141 Å². The summed E-state index contributed by atoms with van der Waals surface area (Å²) >= 11 is 0. The van der Waals surface area contributed by atoms with Gasteiger partial charge in [-0.25, -0.2) is 9.97 Å². The summed E-state index contributed by atoms with van der Waals surface area (Å²) in [7, 11) is 0. The Bertz CT molecular complexity index is 771. The van der Waals surface area contributed by atoms with Gasteiger partial charge in [0.05, 0.1) is 0 Å². The molecule has 1 unspecified atom stereocenters. The molecule has 1 saturated heterocycles. The first-order chi connectivity index (χ1) is 11.9. The van der Waals surface area contributed by atoms with Gasteiger partial charge in [0.25, 0.3) is 0 Å². The maximum absolute atomic E-state index is 4.57. The highest BCUT2D eigenvalue weighted by Gasteiger charge is 2.23. The highest BCUT2D eigenvalue weighted by Crippen LogP contribution is 2.16. The average molecular weight is 320 g/mol. The maximum atomic E-state index is 4.57. The minimum absolute atomic E-state index is 0.381. The smallest absolute Gasteiger partial charge is 0.224 e. The zero-order chi connectivity index (χ0) is 16.2. The molecule has 4 rings (SSSR count). The van der Waals surface area contributed by atoms with Crippen LogP contribution >= 0.6 is 0 Å². The van der Waals surface area contributed by atoms with Crippen LogP contribution < -0.4 is 5.32 Å². The molecule has 1 atom stereocenters. The molecule has 1 aliphatic rings. The highest BCUT2D eigenvalue weighted by molar-refractivity contribution is 5.33. The van der Waals surface area contributed by atoms with Crippen molar-refractivity contribution < 1.29 is 0 Å². The van der Waals surface area contributed by atoms with E-state index in [0.717, 1.165) is 31.9 Å². The quantitative estimate of drug-likeness (QED) is 0.782. The first-order valence-electron chi connectivity index (χ1n) is 8.21. The number of benzene rings is 1. The second-order valence-electron chi connectivity index (χ2n) is 6.06. The zero-order valence-corrected chi connectivity index (χ0v) is 13.4. The van der Waals surface area contributed by atoms with Crippen LogP contribution in [0.4, 0.5) is 5.95 Å². The second kappa shape index (κ2) is 6.80. The van der Waals surface area contributed by atoms with Gasteiger partial charge in [-0.3, -0.25) is 9.47 Å². The van der Waals surface area contributed by atoms with Gasteiger partial charge < -0.3 is 5.32 Å². The van der Waals surface area contributed by atoms with E-state index in [1.807, 2.05) is 16.8 Å². The van der Waals surface area contributed by atoms with E-state index in [1.54, 1.807) is 18.7 Å². The molecular weight excluding hydrogens is 300 g/mol. The normalized spacial score (nSPS) is 17.9. The Morgan fingerprint density at radius 3 is 2.88 bits per heavy atom. The molecule has 3 heterocycles. The molecule has 122 valence electrons. The van der Waals surface area contributed by atoms with Crippen LogP contribution in [0.3, 0.4) is 0 Å². The second-order valence-corrected chi connectivity index (χ2v) is 6.06. The Morgan fingerprint density at radius 2 is 2.04 bits per heavy atom. The van der Waals surface area contributed by atoms with Crippen LogP contribution in [-0.2, 0) is 6.54 Å². The molecule has 0 bridgehead atoms. The van der Waals surface area contributed by atoms with Gasteiger partial charge in [-0.15, -0.1) is 0 Å². The Balaban J connectivity index is 1.37. The van der Waals surface area contributed by atoms with E-state index in [1.165, 1.54) is 5.56 Å². The fourth-order valence-corrected chi connectivity index (χ4v) is 3.08. The summed E-state index contributed by atoms with van der Waals surface area (Å²) in [6.07, 6.45) is 8.24. The predicted octanol–water partition coefficient (Wildman–Crippen LogP) is 2.35. The minimum atomic E-state index is 0.381. The van der Waals surface area contributed by atoms with Crippen molar-refractivity contribution in [1.82, 2.24) is 24.4 Å². The third-order valence-corrected chi connectivity index (χ3v) is 4.26. The lowest BCUT2D eigenvalue weighted by Crippen LogP contribution is -2.26.